The summed E-state index contributed by atoms with van der Waals surface area (Å²) in [5, 5.41) is 0. The van der Waals surface area contributed by atoms with Gasteiger partial charge < -0.3 is 4.74 Å². The van der Waals surface area contributed by atoms with Crippen molar-refractivity contribution >= 4 is 5.97 Å². The van der Waals surface area contributed by atoms with E-state index in [0.717, 1.165) is 12.8 Å². The molecule has 4 nitrogen and oxygen atoms in total. The Bertz CT molecular complexity index is 302. The van der Waals surface area contributed by atoms with Crippen LogP contribution >= 0.6 is 0 Å². The summed E-state index contributed by atoms with van der Waals surface area (Å²) in [6.45, 7) is 2.77. The van der Waals surface area contributed by atoms with Crippen LogP contribution in [0.4, 0.5) is 13.2 Å². The van der Waals surface area contributed by atoms with E-state index in [9.17, 15) is 18.0 Å². The Morgan fingerprint density at radius 1 is 1.25 bits per heavy atom. The Morgan fingerprint density at radius 2 is 1.85 bits per heavy atom. The molecule has 118 valence electrons. The van der Waals surface area contributed by atoms with Gasteiger partial charge in [-0.2, -0.15) is 13.2 Å². The van der Waals surface area contributed by atoms with Crippen LogP contribution < -0.4 is 0 Å². The molecule has 7 heteroatoms. The molecule has 1 aliphatic heterocycles. The number of halogens is 3. The van der Waals surface area contributed by atoms with Gasteiger partial charge in [0.15, 0.2) is 0 Å². The maximum Gasteiger partial charge on any atom is 0.401 e. The summed E-state index contributed by atoms with van der Waals surface area (Å²) >= 11 is 0. The van der Waals surface area contributed by atoms with Crippen molar-refractivity contribution in [3.05, 3.63) is 0 Å². The second kappa shape index (κ2) is 7.83. The van der Waals surface area contributed by atoms with Crippen LogP contribution in [0, 0.1) is 0 Å². The molecular weight excluding hydrogens is 273 g/mol. The van der Waals surface area contributed by atoms with Crippen molar-refractivity contribution < 1.29 is 22.7 Å². The molecule has 1 aliphatic rings. The highest BCUT2D eigenvalue weighted by atomic mass is 19.4. The van der Waals surface area contributed by atoms with E-state index in [1.165, 1.54) is 12.0 Å². The van der Waals surface area contributed by atoms with Crippen LogP contribution in [0.5, 0.6) is 0 Å². The number of carbonyl (C=O) groups is 1. The smallest absolute Gasteiger partial charge is 0.401 e. The zero-order valence-electron chi connectivity index (χ0n) is 12.1. The number of nitrogens with zero attached hydrogens (tertiary/aromatic N) is 2. The number of unbranched alkanes of at least 4 members (excludes halogenated alkanes) is 1. The summed E-state index contributed by atoms with van der Waals surface area (Å²) in [6, 6.07) is -0.326. The lowest BCUT2D eigenvalue weighted by Crippen LogP contribution is -2.54. The van der Waals surface area contributed by atoms with Gasteiger partial charge in [-0.3, -0.25) is 14.6 Å². The molecule has 1 fully saturated rings. The first-order chi connectivity index (χ1) is 9.37. The molecular formula is C13H23F3N2O2. The second-order valence-corrected chi connectivity index (χ2v) is 5.11. The molecule has 0 bridgehead atoms. The van der Waals surface area contributed by atoms with E-state index >= 15 is 0 Å². The highest BCUT2D eigenvalue weighted by Crippen LogP contribution is 2.19. The number of ether oxygens (including phenoxy) is 1. The fourth-order valence-corrected chi connectivity index (χ4v) is 2.47. The van der Waals surface area contributed by atoms with Crippen molar-refractivity contribution in [1.29, 1.82) is 0 Å². The minimum Gasteiger partial charge on any atom is -0.468 e. The Kier molecular flexibility index (Phi) is 6.75. The van der Waals surface area contributed by atoms with Crippen LogP contribution in [0.25, 0.3) is 0 Å². The van der Waals surface area contributed by atoms with Gasteiger partial charge in [0.1, 0.15) is 6.04 Å². The Balaban J connectivity index is 2.49. The molecule has 0 spiro atoms. The lowest BCUT2D eigenvalue weighted by Gasteiger charge is -2.38. The molecule has 0 saturated carbocycles. The predicted octanol–water partition coefficient (Wildman–Crippen LogP) is 1.90. The van der Waals surface area contributed by atoms with Crippen molar-refractivity contribution in [3.8, 4) is 0 Å². The van der Waals surface area contributed by atoms with Gasteiger partial charge in [-0.15, -0.1) is 0 Å². The van der Waals surface area contributed by atoms with Gasteiger partial charge in [0.05, 0.1) is 13.7 Å². The van der Waals surface area contributed by atoms with Crippen molar-refractivity contribution in [3.63, 3.8) is 0 Å². The summed E-state index contributed by atoms with van der Waals surface area (Å²) in [6.07, 6.45) is -1.58. The Labute approximate surface area is 117 Å². The number of hydrogen-bond donors (Lipinski definition) is 0. The van der Waals surface area contributed by atoms with Crippen LogP contribution in [0.2, 0.25) is 0 Å². The van der Waals surface area contributed by atoms with Gasteiger partial charge in [0, 0.05) is 26.2 Å². The number of carbonyl (C=O) groups excluding carboxylic acids is 1. The Morgan fingerprint density at radius 3 is 2.30 bits per heavy atom. The van der Waals surface area contributed by atoms with Crippen molar-refractivity contribution in [1.82, 2.24) is 9.80 Å². The third-order valence-corrected chi connectivity index (χ3v) is 3.55. The molecule has 0 aromatic heterocycles. The number of methoxy groups -OCH3 is 1. The van der Waals surface area contributed by atoms with Crippen molar-refractivity contribution in [2.75, 3.05) is 39.8 Å². The van der Waals surface area contributed by atoms with E-state index in [4.69, 9.17) is 4.74 Å². The molecule has 0 radical (unpaired) electrons. The lowest BCUT2D eigenvalue weighted by molar-refractivity contribution is -0.155. The molecule has 0 aromatic rings. The average molecular weight is 296 g/mol. The van der Waals surface area contributed by atoms with Crippen LogP contribution in [0.15, 0.2) is 0 Å². The number of esters is 1. The third-order valence-electron chi connectivity index (χ3n) is 3.55. The fraction of sp³-hybridized carbons (Fsp3) is 0.923. The standard InChI is InChI=1S/C13H23F3N2O2/c1-3-4-5-11(12(19)20-2)18-8-6-17(7-9-18)10-13(14,15)16/h11H,3-10H2,1-2H3. The summed E-state index contributed by atoms with van der Waals surface area (Å²) in [7, 11) is 1.35. The van der Waals surface area contributed by atoms with Crippen LogP contribution in [-0.2, 0) is 9.53 Å². The molecule has 1 saturated heterocycles. The molecule has 0 amide bonds. The number of alkyl halides is 3. The van der Waals surface area contributed by atoms with E-state index in [1.54, 1.807) is 0 Å². The first-order valence-corrected chi connectivity index (χ1v) is 6.98. The normalized spacial score (nSPS) is 19.9. The number of piperazine rings is 1. The average Bonchev–Trinajstić information content (AvgIpc) is 2.38. The van der Waals surface area contributed by atoms with Crippen LogP contribution in [0.1, 0.15) is 26.2 Å². The monoisotopic (exact) mass is 296 g/mol. The SMILES string of the molecule is CCCCC(C(=O)OC)N1CCN(CC(F)(F)F)CC1. The molecule has 1 rings (SSSR count). The molecule has 20 heavy (non-hydrogen) atoms. The van der Waals surface area contributed by atoms with Crippen molar-refractivity contribution in [2.45, 2.75) is 38.4 Å². The summed E-state index contributed by atoms with van der Waals surface area (Å²) < 4.78 is 41.7. The molecule has 1 atom stereocenters. The summed E-state index contributed by atoms with van der Waals surface area (Å²) in [4.78, 5) is 15.1. The number of rotatable bonds is 6. The fourth-order valence-electron chi connectivity index (χ4n) is 2.47. The minimum atomic E-state index is -4.16. The van der Waals surface area contributed by atoms with Gasteiger partial charge in [0.2, 0.25) is 0 Å². The molecule has 1 heterocycles. The maximum atomic E-state index is 12.3. The molecule has 1 unspecified atom stereocenters. The minimum absolute atomic E-state index is 0.289. The van der Waals surface area contributed by atoms with Gasteiger partial charge in [0.25, 0.3) is 0 Å². The Hall–Kier alpha value is -0.820. The van der Waals surface area contributed by atoms with Gasteiger partial charge in [-0.25, -0.2) is 0 Å². The van der Waals surface area contributed by atoms with Crippen molar-refractivity contribution in [2.24, 2.45) is 0 Å². The first kappa shape index (κ1) is 17.2. The van der Waals surface area contributed by atoms with E-state index in [-0.39, 0.29) is 12.0 Å². The second-order valence-electron chi connectivity index (χ2n) is 5.11. The van der Waals surface area contributed by atoms with Gasteiger partial charge >= 0.3 is 12.1 Å². The molecule has 0 aromatic carbocycles. The van der Waals surface area contributed by atoms with E-state index in [2.05, 4.69) is 0 Å². The lowest BCUT2D eigenvalue weighted by atomic mass is 10.1. The molecule has 0 N–H and O–H groups in total. The van der Waals surface area contributed by atoms with E-state index in [0.29, 0.717) is 32.6 Å². The van der Waals surface area contributed by atoms with Gasteiger partial charge in [-0.1, -0.05) is 19.8 Å². The molecule has 0 aliphatic carbocycles. The summed E-state index contributed by atoms with van der Waals surface area (Å²) in [5.41, 5.74) is 0. The highest BCUT2D eigenvalue weighted by Gasteiger charge is 2.34. The zero-order chi connectivity index (χ0) is 15.2. The van der Waals surface area contributed by atoms with E-state index < -0.39 is 12.7 Å². The maximum absolute atomic E-state index is 12.3. The van der Waals surface area contributed by atoms with E-state index in [1.807, 2.05) is 11.8 Å². The largest absolute Gasteiger partial charge is 0.468 e. The van der Waals surface area contributed by atoms with Crippen LogP contribution in [0.3, 0.4) is 0 Å². The third kappa shape index (κ3) is 5.66. The number of hydrogen-bond acceptors (Lipinski definition) is 4. The quantitative estimate of drug-likeness (QED) is 0.701. The highest BCUT2D eigenvalue weighted by molar-refractivity contribution is 5.75. The van der Waals surface area contributed by atoms with Crippen LogP contribution in [-0.4, -0.2) is 67.8 Å². The van der Waals surface area contributed by atoms with Gasteiger partial charge in [-0.05, 0) is 6.42 Å². The zero-order valence-corrected chi connectivity index (χ0v) is 12.1. The summed E-state index contributed by atoms with van der Waals surface area (Å²) in [5.74, 6) is -0.289. The first-order valence-electron chi connectivity index (χ1n) is 6.98. The topological polar surface area (TPSA) is 32.8 Å². The predicted molar refractivity (Wildman–Crippen MR) is 69.4 cm³/mol.